The number of carbonyl (C=O) groups is 1. The second-order valence-electron chi connectivity index (χ2n) is 6.81. The van der Waals surface area contributed by atoms with Gasteiger partial charge in [-0.3, -0.25) is 15.1 Å². The van der Waals surface area contributed by atoms with Crippen LogP contribution < -0.4 is 10.1 Å². The van der Waals surface area contributed by atoms with E-state index < -0.39 is 0 Å². The van der Waals surface area contributed by atoms with Gasteiger partial charge in [0.05, 0.1) is 5.69 Å². The SMILES string of the molecule is Cc1cc(OCCN(C)C)cc(C)c1-c1csc(NC(=O)c2ccncc2)n1. The van der Waals surface area contributed by atoms with Crippen LogP contribution in [-0.4, -0.2) is 48.0 Å². The van der Waals surface area contributed by atoms with Crippen molar-refractivity contribution < 1.29 is 9.53 Å². The first-order chi connectivity index (χ1) is 13.4. The van der Waals surface area contributed by atoms with Gasteiger partial charge >= 0.3 is 0 Å². The molecule has 146 valence electrons. The molecule has 0 unspecified atom stereocenters. The van der Waals surface area contributed by atoms with E-state index in [9.17, 15) is 4.79 Å². The molecule has 1 aromatic carbocycles. The summed E-state index contributed by atoms with van der Waals surface area (Å²) in [5.74, 6) is 0.670. The molecule has 0 saturated heterocycles. The molecule has 1 amide bonds. The number of likely N-dealkylation sites (N-methyl/N-ethyl adjacent to an activating group) is 1. The fraction of sp³-hybridized carbons (Fsp3) is 0.286. The third kappa shape index (κ3) is 4.94. The number of hydrogen-bond acceptors (Lipinski definition) is 6. The monoisotopic (exact) mass is 396 g/mol. The normalized spacial score (nSPS) is 10.9. The van der Waals surface area contributed by atoms with Gasteiger partial charge in [0, 0.05) is 35.4 Å². The lowest BCUT2D eigenvalue weighted by Gasteiger charge is -2.14. The Balaban J connectivity index is 1.74. The maximum Gasteiger partial charge on any atom is 0.257 e. The highest BCUT2D eigenvalue weighted by atomic mass is 32.1. The number of carbonyl (C=O) groups excluding carboxylic acids is 1. The van der Waals surface area contributed by atoms with Crippen LogP contribution in [0, 0.1) is 13.8 Å². The number of thiazole rings is 1. The van der Waals surface area contributed by atoms with Crippen molar-refractivity contribution in [1.29, 1.82) is 0 Å². The fourth-order valence-corrected chi connectivity index (χ4v) is 3.57. The topological polar surface area (TPSA) is 67.3 Å². The van der Waals surface area contributed by atoms with Crippen LogP contribution in [0.3, 0.4) is 0 Å². The molecule has 0 fully saturated rings. The van der Waals surface area contributed by atoms with E-state index in [0.29, 0.717) is 17.3 Å². The van der Waals surface area contributed by atoms with Gasteiger partial charge < -0.3 is 9.64 Å². The smallest absolute Gasteiger partial charge is 0.257 e. The number of hydrogen-bond donors (Lipinski definition) is 1. The molecule has 0 aliphatic rings. The van der Waals surface area contributed by atoms with Gasteiger partial charge in [-0.05, 0) is 63.3 Å². The van der Waals surface area contributed by atoms with Gasteiger partial charge in [-0.15, -0.1) is 11.3 Å². The van der Waals surface area contributed by atoms with E-state index in [0.717, 1.165) is 34.7 Å². The molecule has 0 bridgehead atoms. The van der Waals surface area contributed by atoms with Gasteiger partial charge in [0.15, 0.2) is 5.13 Å². The molecule has 28 heavy (non-hydrogen) atoms. The third-order valence-electron chi connectivity index (χ3n) is 4.24. The minimum absolute atomic E-state index is 0.193. The van der Waals surface area contributed by atoms with E-state index in [2.05, 4.69) is 34.0 Å². The largest absolute Gasteiger partial charge is 0.492 e. The number of nitrogens with zero attached hydrogens (tertiary/aromatic N) is 3. The van der Waals surface area contributed by atoms with Crippen molar-refractivity contribution in [2.45, 2.75) is 13.8 Å². The van der Waals surface area contributed by atoms with Crippen molar-refractivity contribution in [3.63, 3.8) is 0 Å². The van der Waals surface area contributed by atoms with Crippen molar-refractivity contribution in [1.82, 2.24) is 14.9 Å². The maximum atomic E-state index is 12.3. The van der Waals surface area contributed by atoms with E-state index in [-0.39, 0.29) is 5.91 Å². The number of anilines is 1. The first-order valence-corrected chi connectivity index (χ1v) is 9.88. The molecule has 2 heterocycles. The first-order valence-electron chi connectivity index (χ1n) is 9.00. The van der Waals surface area contributed by atoms with E-state index in [1.807, 2.05) is 31.6 Å². The lowest BCUT2D eigenvalue weighted by molar-refractivity contribution is 0.102. The molecule has 0 atom stereocenters. The first kappa shape index (κ1) is 20.0. The summed E-state index contributed by atoms with van der Waals surface area (Å²) in [6.45, 7) is 5.62. The molecule has 3 rings (SSSR count). The minimum Gasteiger partial charge on any atom is -0.492 e. The minimum atomic E-state index is -0.193. The molecule has 0 radical (unpaired) electrons. The second kappa shape index (κ2) is 8.95. The molecule has 0 aliphatic heterocycles. The lowest BCUT2D eigenvalue weighted by Crippen LogP contribution is -2.19. The molecule has 0 spiro atoms. The van der Waals surface area contributed by atoms with Crippen LogP contribution in [0.4, 0.5) is 5.13 Å². The molecule has 2 aromatic heterocycles. The molecular formula is C21H24N4O2S. The quantitative estimate of drug-likeness (QED) is 0.653. The van der Waals surface area contributed by atoms with Crippen LogP contribution in [0.1, 0.15) is 21.5 Å². The molecule has 0 saturated carbocycles. The number of amides is 1. The van der Waals surface area contributed by atoms with E-state index >= 15 is 0 Å². The van der Waals surface area contributed by atoms with Gasteiger partial charge in [-0.2, -0.15) is 0 Å². The van der Waals surface area contributed by atoms with Crippen molar-refractivity contribution in [2.75, 3.05) is 32.6 Å². The number of aromatic nitrogens is 2. The van der Waals surface area contributed by atoms with Gasteiger partial charge in [0.2, 0.25) is 0 Å². The Kier molecular flexibility index (Phi) is 6.38. The number of rotatable bonds is 7. The van der Waals surface area contributed by atoms with Crippen molar-refractivity contribution in [3.05, 3.63) is 58.7 Å². The molecule has 0 aliphatic carbocycles. The Morgan fingerprint density at radius 2 is 1.86 bits per heavy atom. The van der Waals surface area contributed by atoms with E-state index in [1.54, 1.807) is 24.5 Å². The van der Waals surface area contributed by atoms with Crippen LogP contribution >= 0.6 is 11.3 Å². The van der Waals surface area contributed by atoms with Crippen LogP contribution in [0.2, 0.25) is 0 Å². The summed E-state index contributed by atoms with van der Waals surface area (Å²) in [4.78, 5) is 22.9. The van der Waals surface area contributed by atoms with Gasteiger partial charge in [-0.25, -0.2) is 4.98 Å². The van der Waals surface area contributed by atoms with Crippen LogP contribution in [0.5, 0.6) is 5.75 Å². The average molecular weight is 397 g/mol. The lowest BCUT2D eigenvalue weighted by atomic mass is 10.0. The Morgan fingerprint density at radius 3 is 2.50 bits per heavy atom. The number of nitrogens with one attached hydrogen (secondary N) is 1. The number of pyridine rings is 1. The number of ether oxygens (including phenoxy) is 1. The molecule has 7 heteroatoms. The Bertz CT molecular complexity index is 931. The van der Waals surface area contributed by atoms with E-state index in [1.165, 1.54) is 11.3 Å². The summed E-state index contributed by atoms with van der Waals surface area (Å²) in [6.07, 6.45) is 3.19. The number of aryl methyl sites for hydroxylation is 2. The maximum absolute atomic E-state index is 12.3. The van der Waals surface area contributed by atoms with Crippen molar-refractivity contribution in [3.8, 4) is 17.0 Å². The molecule has 1 N–H and O–H groups in total. The number of benzene rings is 1. The van der Waals surface area contributed by atoms with Crippen molar-refractivity contribution in [2.24, 2.45) is 0 Å². The Labute approximate surface area is 169 Å². The standard InChI is InChI=1S/C21H24N4O2S/c1-14-11-17(27-10-9-25(3)4)12-15(2)19(14)18-13-28-21(23-18)24-20(26)16-5-7-22-8-6-16/h5-8,11-13H,9-10H2,1-4H3,(H,23,24,26). The van der Waals surface area contributed by atoms with Crippen LogP contribution in [0.25, 0.3) is 11.3 Å². The van der Waals surface area contributed by atoms with Gasteiger partial charge in [-0.1, -0.05) is 0 Å². The average Bonchev–Trinajstić information content (AvgIpc) is 3.09. The van der Waals surface area contributed by atoms with Crippen LogP contribution in [-0.2, 0) is 0 Å². The Morgan fingerprint density at radius 1 is 1.18 bits per heavy atom. The summed E-state index contributed by atoms with van der Waals surface area (Å²) in [5, 5.41) is 5.38. The second-order valence-corrected chi connectivity index (χ2v) is 7.67. The van der Waals surface area contributed by atoms with Crippen molar-refractivity contribution >= 4 is 22.4 Å². The highest BCUT2D eigenvalue weighted by molar-refractivity contribution is 7.14. The molecule has 6 nitrogen and oxygen atoms in total. The zero-order chi connectivity index (χ0) is 20.1. The predicted molar refractivity (Wildman–Crippen MR) is 113 cm³/mol. The highest BCUT2D eigenvalue weighted by Gasteiger charge is 2.14. The predicted octanol–water partition coefficient (Wildman–Crippen LogP) is 4.01. The summed E-state index contributed by atoms with van der Waals surface area (Å²) < 4.78 is 5.85. The summed E-state index contributed by atoms with van der Waals surface area (Å²) in [5.41, 5.74) is 4.66. The molecule has 3 aromatic rings. The summed E-state index contributed by atoms with van der Waals surface area (Å²) in [6, 6.07) is 7.42. The van der Waals surface area contributed by atoms with Gasteiger partial charge in [0.25, 0.3) is 5.91 Å². The Hall–Kier alpha value is -2.77. The van der Waals surface area contributed by atoms with Crippen LogP contribution in [0.15, 0.2) is 42.0 Å². The third-order valence-corrected chi connectivity index (χ3v) is 4.99. The summed E-state index contributed by atoms with van der Waals surface area (Å²) in [7, 11) is 4.05. The summed E-state index contributed by atoms with van der Waals surface area (Å²) >= 11 is 1.41. The van der Waals surface area contributed by atoms with Gasteiger partial charge in [0.1, 0.15) is 12.4 Å². The fourth-order valence-electron chi connectivity index (χ4n) is 2.88. The van der Waals surface area contributed by atoms with E-state index in [4.69, 9.17) is 4.74 Å². The molecular weight excluding hydrogens is 372 g/mol. The zero-order valence-corrected chi connectivity index (χ0v) is 17.3. The highest BCUT2D eigenvalue weighted by Crippen LogP contribution is 2.33. The zero-order valence-electron chi connectivity index (χ0n) is 16.5.